The molecule has 0 unspecified atom stereocenters. The van der Waals surface area contributed by atoms with Crippen LogP contribution in [-0.2, 0) is 0 Å². The van der Waals surface area contributed by atoms with Crippen molar-refractivity contribution in [2.75, 3.05) is 0 Å². The molecule has 0 spiro atoms. The molecule has 0 aromatic heterocycles. The summed E-state index contributed by atoms with van der Waals surface area (Å²) in [6.45, 7) is 6.96. The molecule has 0 atom stereocenters. The minimum atomic E-state index is -1.14. The largest absolute Gasteiger partial charge is 0.0936 e. The lowest BCUT2D eigenvalue weighted by Crippen LogP contribution is -2.28. The van der Waals surface area contributed by atoms with Gasteiger partial charge in [0.15, 0.2) is 0 Å². The highest BCUT2D eigenvalue weighted by molar-refractivity contribution is 6.84. The highest BCUT2D eigenvalue weighted by Gasteiger charge is 2.22. The minimum Gasteiger partial charge on any atom is -0.0936 e. The predicted octanol–water partition coefficient (Wildman–Crippen LogP) is 5.40. The van der Waals surface area contributed by atoms with Crippen LogP contribution in [0.5, 0.6) is 0 Å². The maximum absolute atomic E-state index is 5.97. The molecule has 1 aromatic carbocycles. The van der Waals surface area contributed by atoms with Gasteiger partial charge >= 0.3 is 0 Å². The lowest BCUT2D eigenvalue weighted by atomic mass is 10.2. The first-order chi connectivity index (χ1) is 7.65. The van der Waals surface area contributed by atoms with Crippen molar-refractivity contribution < 1.29 is 0 Å². The molecule has 88 valence electrons. The summed E-state index contributed by atoms with van der Waals surface area (Å²) in [6, 6.07) is 12.1. The van der Waals surface area contributed by atoms with Crippen molar-refractivity contribution in [2.45, 2.75) is 38.9 Å². The van der Waals surface area contributed by atoms with Crippen molar-refractivity contribution in [3.05, 3.63) is 40.6 Å². The fraction of sp³-hybridized carbons (Fsp3) is 0.429. The van der Waals surface area contributed by atoms with E-state index in [2.05, 4.69) is 38.6 Å². The van der Waals surface area contributed by atoms with E-state index in [4.69, 9.17) is 11.6 Å². The molecular formula is C14H21ClSi. The second-order valence-corrected chi connectivity index (χ2v) is 9.93. The maximum Gasteiger partial charge on any atom is 0.0770 e. The van der Waals surface area contributed by atoms with Crippen molar-refractivity contribution in [1.29, 1.82) is 0 Å². The Morgan fingerprint density at radius 1 is 1.12 bits per heavy atom. The van der Waals surface area contributed by atoms with Gasteiger partial charge in [-0.25, -0.2) is 0 Å². The van der Waals surface area contributed by atoms with Gasteiger partial charge in [-0.15, -0.1) is 0 Å². The summed E-state index contributed by atoms with van der Waals surface area (Å²) in [5, 5.41) is 0.818. The third-order valence-corrected chi connectivity index (χ3v) is 8.92. The molecule has 0 aliphatic carbocycles. The van der Waals surface area contributed by atoms with Crippen LogP contribution in [0.25, 0.3) is 6.08 Å². The Morgan fingerprint density at radius 3 is 2.25 bits per heavy atom. The summed E-state index contributed by atoms with van der Waals surface area (Å²) in [4.78, 5) is 0. The van der Waals surface area contributed by atoms with Crippen LogP contribution in [0.4, 0.5) is 0 Å². The van der Waals surface area contributed by atoms with E-state index in [1.165, 1.54) is 23.7 Å². The molecule has 1 rings (SSSR count). The normalized spacial score (nSPS) is 12.2. The first kappa shape index (κ1) is 13.5. The molecule has 0 bridgehead atoms. The zero-order valence-electron chi connectivity index (χ0n) is 10.5. The van der Waals surface area contributed by atoms with Crippen LogP contribution in [0.3, 0.4) is 0 Å². The first-order valence-electron chi connectivity index (χ1n) is 6.10. The van der Waals surface area contributed by atoms with Crippen molar-refractivity contribution in [2.24, 2.45) is 0 Å². The van der Waals surface area contributed by atoms with Crippen LogP contribution in [-0.4, -0.2) is 8.07 Å². The number of hydrogen-bond donors (Lipinski definition) is 0. The average Bonchev–Trinajstić information content (AvgIpc) is 2.32. The highest BCUT2D eigenvalue weighted by Crippen LogP contribution is 2.23. The van der Waals surface area contributed by atoms with Gasteiger partial charge in [0.25, 0.3) is 0 Å². The Morgan fingerprint density at radius 2 is 1.75 bits per heavy atom. The fourth-order valence-corrected chi connectivity index (χ4v) is 4.94. The number of rotatable bonds is 5. The molecule has 0 amide bonds. The third kappa shape index (κ3) is 3.50. The maximum atomic E-state index is 5.97. The van der Waals surface area contributed by atoms with Gasteiger partial charge in [-0.1, -0.05) is 74.4 Å². The molecule has 0 radical (unpaired) electrons. The second kappa shape index (κ2) is 6.26. The van der Waals surface area contributed by atoms with Gasteiger partial charge in [0.2, 0.25) is 0 Å². The van der Waals surface area contributed by atoms with E-state index >= 15 is 0 Å². The van der Waals surface area contributed by atoms with E-state index in [0.29, 0.717) is 0 Å². The summed E-state index contributed by atoms with van der Waals surface area (Å²) in [7, 11) is -1.14. The van der Waals surface area contributed by atoms with Crippen molar-refractivity contribution in [3.63, 3.8) is 0 Å². The molecule has 16 heavy (non-hydrogen) atoms. The molecule has 0 saturated heterocycles. The van der Waals surface area contributed by atoms with Crippen LogP contribution in [0.15, 0.2) is 30.0 Å². The van der Waals surface area contributed by atoms with Crippen LogP contribution in [0.2, 0.25) is 23.2 Å². The van der Waals surface area contributed by atoms with Crippen LogP contribution in [0.1, 0.15) is 26.3 Å². The molecule has 0 saturated carbocycles. The SMILES string of the molecule is CC[Si](/C=C/c1cccc(Cl)c1)(CC)CC. The number of halogens is 1. The van der Waals surface area contributed by atoms with Crippen LogP contribution >= 0.6 is 11.6 Å². The molecule has 0 aliphatic rings. The molecule has 0 heterocycles. The Kier molecular flexibility index (Phi) is 5.30. The summed E-state index contributed by atoms with van der Waals surface area (Å²) < 4.78 is 0. The van der Waals surface area contributed by atoms with Crippen LogP contribution in [0, 0.1) is 0 Å². The topological polar surface area (TPSA) is 0 Å². The van der Waals surface area contributed by atoms with Gasteiger partial charge in [0.1, 0.15) is 0 Å². The third-order valence-electron chi connectivity index (χ3n) is 3.59. The fourth-order valence-electron chi connectivity index (χ4n) is 1.99. The number of hydrogen-bond acceptors (Lipinski definition) is 0. The molecular weight excluding hydrogens is 232 g/mol. The standard InChI is InChI=1S/C14H21ClSi/c1-4-16(5-2,6-3)11-10-13-8-7-9-14(15)12-13/h7-12H,4-6H2,1-3H3/b11-10+. The average molecular weight is 253 g/mol. The minimum absolute atomic E-state index is 0.818. The van der Waals surface area contributed by atoms with Crippen molar-refractivity contribution in [1.82, 2.24) is 0 Å². The Hall–Kier alpha value is -0.533. The lowest BCUT2D eigenvalue weighted by molar-refractivity contribution is 1.20. The van der Waals surface area contributed by atoms with Crippen molar-refractivity contribution in [3.8, 4) is 0 Å². The second-order valence-electron chi connectivity index (χ2n) is 4.31. The van der Waals surface area contributed by atoms with E-state index in [0.717, 1.165) is 5.02 Å². The van der Waals surface area contributed by atoms with Gasteiger partial charge in [-0.05, 0) is 17.7 Å². The number of benzene rings is 1. The summed E-state index contributed by atoms with van der Waals surface area (Å²) in [5.41, 5.74) is 3.71. The molecule has 0 aliphatic heterocycles. The first-order valence-corrected chi connectivity index (χ1v) is 9.18. The van der Waals surface area contributed by atoms with Gasteiger partial charge in [-0.3, -0.25) is 0 Å². The van der Waals surface area contributed by atoms with Gasteiger partial charge < -0.3 is 0 Å². The molecule has 0 fully saturated rings. The van der Waals surface area contributed by atoms with Gasteiger partial charge in [0, 0.05) is 5.02 Å². The van der Waals surface area contributed by atoms with Crippen molar-refractivity contribution >= 4 is 25.8 Å². The summed E-state index contributed by atoms with van der Waals surface area (Å²) >= 11 is 5.97. The zero-order chi connectivity index (χ0) is 12.0. The quantitative estimate of drug-likeness (QED) is 0.616. The molecule has 2 heteroatoms. The summed E-state index contributed by atoms with van der Waals surface area (Å²) in [6.07, 6.45) is 2.26. The monoisotopic (exact) mass is 252 g/mol. The molecule has 0 N–H and O–H groups in total. The van der Waals surface area contributed by atoms with E-state index in [9.17, 15) is 0 Å². The predicted molar refractivity (Wildman–Crippen MR) is 77.7 cm³/mol. The Balaban J connectivity index is 2.86. The van der Waals surface area contributed by atoms with Gasteiger partial charge in [-0.2, -0.15) is 0 Å². The highest BCUT2D eigenvalue weighted by atomic mass is 35.5. The van der Waals surface area contributed by atoms with E-state index < -0.39 is 8.07 Å². The smallest absolute Gasteiger partial charge is 0.0770 e. The van der Waals surface area contributed by atoms with Crippen LogP contribution < -0.4 is 0 Å². The Bertz CT molecular complexity index is 345. The van der Waals surface area contributed by atoms with E-state index in [1.807, 2.05) is 18.2 Å². The molecule has 0 nitrogen and oxygen atoms in total. The lowest BCUT2D eigenvalue weighted by Gasteiger charge is -2.23. The molecule has 1 aromatic rings. The van der Waals surface area contributed by atoms with Gasteiger partial charge in [0.05, 0.1) is 8.07 Å². The summed E-state index contributed by atoms with van der Waals surface area (Å²) in [5.74, 6) is 0. The van der Waals surface area contributed by atoms with E-state index in [1.54, 1.807) is 0 Å². The zero-order valence-corrected chi connectivity index (χ0v) is 12.2. The van der Waals surface area contributed by atoms with E-state index in [-0.39, 0.29) is 0 Å². The Labute approximate surface area is 105 Å².